The summed E-state index contributed by atoms with van der Waals surface area (Å²) in [6.07, 6.45) is 9.69. The molecule has 2 heterocycles. The van der Waals surface area contributed by atoms with Crippen LogP contribution in [0, 0.1) is 0 Å². The molecular weight excluding hydrogens is 174 g/mol. The fourth-order valence-electron chi connectivity index (χ4n) is 1.29. The van der Waals surface area contributed by atoms with Crippen LogP contribution >= 0.6 is 0 Å². The lowest BCUT2D eigenvalue weighted by molar-refractivity contribution is 0.995. The largest absolute Gasteiger partial charge is 0.237 e. The van der Waals surface area contributed by atoms with Gasteiger partial charge in [0.05, 0.1) is 0 Å². The molecule has 0 amide bonds. The van der Waals surface area contributed by atoms with Crippen LogP contribution in [-0.4, -0.2) is 11.2 Å². The van der Waals surface area contributed by atoms with Gasteiger partial charge in [-0.2, -0.15) is 5.10 Å². The van der Waals surface area contributed by atoms with Crippen molar-refractivity contribution < 1.29 is 0 Å². The molecule has 0 fully saturated rings. The van der Waals surface area contributed by atoms with Gasteiger partial charge >= 0.3 is 0 Å². The molecule has 0 bridgehead atoms. The number of hydrogen-bond donors (Lipinski definition) is 0. The molecule has 0 saturated carbocycles. The van der Waals surface area contributed by atoms with Crippen molar-refractivity contribution in [2.75, 3.05) is 5.01 Å². The smallest absolute Gasteiger partial charge is 0.153 e. The van der Waals surface area contributed by atoms with Crippen LogP contribution in [0.1, 0.15) is 18.9 Å². The molecule has 0 radical (unpaired) electrons. The molecule has 72 valence electrons. The van der Waals surface area contributed by atoms with Gasteiger partial charge in [0.2, 0.25) is 0 Å². The number of rotatable bonds is 2. The highest BCUT2D eigenvalue weighted by atomic mass is 15.5. The van der Waals surface area contributed by atoms with Gasteiger partial charge in [0.1, 0.15) is 0 Å². The Morgan fingerprint density at radius 2 is 2.36 bits per heavy atom. The second-order valence-electron chi connectivity index (χ2n) is 3.14. The topological polar surface area (TPSA) is 28.5 Å². The van der Waals surface area contributed by atoms with Crippen molar-refractivity contribution in [1.82, 2.24) is 4.98 Å². The van der Waals surface area contributed by atoms with Crippen molar-refractivity contribution in [2.24, 2.45) is 5.10 Å². The predicted molar refractivity (Wildman–Crippen MR) is 58.3 cm³/mol. The maximum absolute atomic E-state index is 4.33. The zero-order chi connectivity index (χ0) is 9.80. The minimum absolute atomic E-state index is 0.870. The van der Waals surface area contributed by atoms with Crippen LogP contribution < -0.4 is 5.01 Å². The Balaban J connectivity index is 2.19. The molecule has 2 rings (SSSR count). The van der Waals surface area contributed by atoms with Crippen molar-refractivity contribution in [2.45, 2.75) is 19.8 Å². The fourth-order valence-corrected chi connectivity index (χ4v) is 1.29. The standard InChI is InChI=1S/C11H13N3/c1-2-10-5-6-11(12-9-10)14-8-4-3-7-13-14/h4-9H,2-3H2,1H3. The summed E-state index contributed by atoms with van der Waals surface area (Å²) in [7, 11) is 0. The number of hydrazone groups is 1. The maximum atomic E-state index is 4.33. The van der Waals surface area contributed by atoms with E-state index in [1.165, 1.54) is 5.56 Å². The zero-order valence-electron chi connectivity index (χ0n) is 8.22. The van der Waals surface area contributed by atoms with Gasteiger partial charge in [0.25, 0.3) is 0 Å². The van der Waals surface area contributed by atoms with Crippen molar-refractivity contribution in [3.63, 3.8) is 0 Å². The summed E-state index contributed by atoms with van der Waals surface area (Å²) >= 11 is 0. The van der Waals surface area contributed by atoms with Crippen LogP contribution in [0.2, 0.25) is 0 Å². The van der Waals surface area contributed by atoms with Gasteiger partial charge in [0, 0.05) is 25.0 Å². The Morgan fingerprint density at radius 3 is 2.93 bits per heavy atom. The van der Waals surface area contributed by atoms with E-state index in [1.54, 1.807) is 5.01 Å². The molecule has 1 aromatic rings. The highest BCUT2D eigenvalue weighted by Crippen LogP contribution is 2.14. The molecule has 1 aliphatic heterocycles. The van der Waals surface area contributed by atoms with Gasteiger partial charge in [-0.25, -0.2) is 9.99 Å². The van der Waals surface area contributed by atoms with Gasteiger partial charge in [-0.05, 0) is 18.1 Å². The highest BCUT2D eigenvalue weighted by molar-refractivity contribution is 5.64. The van der Waals surface area contributed by atoms with Crippen LogP contribution in [-0.2, 0) is 6.42 Å². The monoisotopic (exact) mass is 187 g/mol. The SMILES string of the molecule is CCc1ccc(N2C=CCC=N2)nc1. The molecule has 1 aliphatic rings. The van der Waals surface area contributed by atoms with Crippen molar-refractivity contribution in [3.8, 4) is 0 Å². The van der Waals surface area contributed by atoms with Gasteiger partial charge in [-0.3, -0.25) is 0 Å². The van der Waals surface area contributed by atoms with Crippen LogP contribution in [0.15, 0.2) is 35.7 Å². The molecule has 1 aromatic heterocycles. The van der Waals surface area contributed by atoms with Crippen molar-refractivity contribution in [1.29, 1.82) is 0 Å². The van der Waals surface area contributed by atoms with Crippen LogP contribution in [0.25, 0.3) is 0 Å². The van der Waals surface area contributed by atoms with E-state index in [4.69, 9.17) is 0 Å². The third-order valence-corrected chi connectivity index (χ3v) is 2.15. The predicted octanol–water partition coefficient (Wildman–Crippen LogP) is 2.35. The lowest BCUT2D eigenvalue weighted by Gasteiger charge is -2.15. The lowest BCUT2D eigenvalue weighted by Crippen LogP contribution is -2.11. The zero-order valence-corrected chi connectivity index (χ0v) is 8.22. The highest BCUT2D eigenvalue weighted by Gasteiger charge is 2.03. The van der Waals surface area contributed by atoms with Crippen molar-refractivity contribution >= 4 is 12.0 Å². The Bertz CT molecular complexity index is 339. The average Bonchev–Trinajstić information content (AvgIpc) is 2.30. The molecular formula is C11H13N3. The van der Waals surface area contributed by atoms with Crippen molar-refractivity contribution in [3.05, 3.63) is 36.2 Å². The van der Waals surface area contributed by atoms with Crippen LogP contribution in [0.3, 0.4) is 0 Å². The molecule has 0 saturated heterocycles. The third-order valence-electron chi connectivity index (χ3n) is 2.15. The second-order valence-corrected chi connectivity index (χ2v) is 3.14. The summed E-state index contributed by atoms with van der Waals surface area (Å²) < 4.78 is 0. The lowest BCUT2D eigenvalue weighted by atomic mass is 10.2. The molecule has 14 heavy (non-hydrogen) atoms. The van der Waals surface area contributed by atoms with E-state index in [-0.39, 0.29) is 0 Å². The Hall–Kier alpha value is -1.64. The summed E-state index contributed by atoms with van der Waals surface area (Å²) in [4.78, 5) is 4.33. The van der Waals surface area contributed by atoms with Gasteiger partial charge in [-0.1, -0.05) is 19.1 Å². The first-order valence-electron chi connectivity index (χ1n) is 4.83. The number of aromatic nitrogens is 1. The maximum Gasteiger partial charge on any atom is 0.153 e. The molecule has 3 heteroatoms. The molecule has 0 N–H and O–H groups in total. The second kappa shape index (κ2) is 4.05. The first kappa shape index (κ1) is 8.94. The Kier molecular flexibility index (Phi) is 2.58. The molecule has 0 spiro atoms. The van der Waals surface area contributed by atoms with E-state index in [0.717, 1.165) is 18.7 Å². The summed E-state index contributed by atoms with van der Waals surface area (Å²) in [6, 6.07) is 4.08. The summed E-state index contributed by atoms with van der Waals surface area (Å²) in [5.74, 6) is 0.870. The number of hydrogen-bond acceptors (Lipinski definition) is 3. The van der Waals surface area contributed by atoms with Gasteiger partial charge in [-0.15, -0.1) is 0 Å². The molecule has 0 aliphatic carbocycles. The van der Waals surface area contributed by atoms with E-state index in [9.17, 15) is 0 Å². The molecule has 0 unspecified atom stereocenters. The third kappa shape index (κ3) is 1.82. The quantitative estimate of drug-likeness (QED) is 0.711. The van der Waals surface area contributed by atoms with E-state index in [0.29, 0.717) is 0 Å². The minimum Gasteiger partial charge on any atom is -0.237 e. The van der Waals surface area contributed by atoms with Gasteiger partial charge in [0.15, 0.2) is 5.82 Å². The van der Waals surface area contributed by atoms with E-state index in [1.807, 2.05) is 24.7 Å². The normalized spacial score (nSPS) is 14.8. The van der Waals surface area contributed by atoms with E-state index >= 15 is 0 Å². The molecule has 0 aromatic carbocycles. The minimum atomic E-state index is 0.870. The fraction of sp³-hybridized carbons (Fsp3) is 0.273. The molecule has 0 atom stereocenters. The number of pyridine rings is 1. The Labute approximate surface area is 83.8 Å². The van der Waals surface area contributed by atoms with E-state index in [2.05, 4.69) is 29.2 Å². The summed E-state index contributed by atoms with van der Waals surface area (Å²) in [5.41, 5.74) is 1.25. The van der Waals surface area contributed by atoms with Gasteiger partial charge < -0.3 is 0 Å². The summed E-state index contributed by atoms with van der Waals surface area (Å²) in [5, 5.41) is 5.99. The number of nitrogens with zero attached hydrogens (tertiary/aromatic N) is 3. The number of anilines is 1. The van der Waals surface area contributed by atoms with Crippen LogP contribution in [0.5, 0.6) is 0 Å². The molecule has 3 nitrogen and oxygen atoms in total. The number of allylic oxidation sites excluding steroid dienone is 1. The Morgan fingerprint density at radius 1 is 1.43 bits per heavy atom. The van der Waals surface area contributed by atoms with E-state index < -0.39 is 0 Å². The number of aryl methyl sites for hydroxylation is 1. The van der Waals surface area contributed by atoms with Crippen LogP contribution in [0.4, 0.5) is 5.82 Å². The first-order chi connectivity index (χ1) is 6.90. The summed E-state index contributed by atoms with van der Waals surface area (Å²) in [6.45, 7) is 2.12. The average molecular weight is 187 g/mol. The first-order valence-corrected chi connectivity index (χ1v) is 4.83.